The molecule has 23 heavy (non-hydrogen) atoms. The van der Waals surface area contributed by atoms with Gasteiger partial charge in [-0.15, -0.1) is 0 Å². The van der Waals surface area contributed by atoms with Gasteiger partial charge in [-0.05, 0) is 84.5 Å². The van der Waals surface area contributed by atoms with E-state index in [9.17, 15) is 9.59 Å². The zero-order valence-corrected chi connectivity index (χ0v) is 15.0. The molecule has 0 aromatic heterocycles. The molecule has 1 amide bonds. The van der Waals surface area contributed by atoms with E-state index in [1.165, 1.54) is 6.92 Å². The monoisotopic (exact) mass is 423 g/mol. The molecule has 0 saturated heterocycles. The van der Waals surface area contributed by atoms with E-state index in [1.807, 2.05) is 24.3 Å². The maximum atomic E-state index is 11.8. The molecule has 0 spiro atoms. The second kappa shape index (κ2) is 8.67. The Morgan fingerprint density at radius 2 is 1.70 bits per heavy atom. The predicted molar refractivity (Wildman–Crippen MR) is 99.0 cm³/mol. The quantitative estimate of drug-likeness (QED) is 0.411. The number of anilines is 1. The lowest BCUT2D eigenvalue weighted by atomic mass is 10.1. The minimum atomic E-state index is -0.0262. The summed E-state index contributed by atoms with van der Waals surface area (Å²) < 4.78 is 6.69. The van der Waals surface area contributed by atoms with Gasteiger partial charge in [0.2, 0.25) is 5.91 Å². The molecule has 2 rings (SSSR count). The molecule has 0 unspecified atom stereocenters. The Morgan fingerprint density at radius 1 is 1.04 bits per heavy atom. The number of nitrogens with one attached hydrogen (secondary N) is 1. The molecule has 0 aliphatic rings. The van der Waals surface area contributed by atoms with E-state index in [-0.39, 0.29) is 11.7 Å². The summed E-state index contributed by atoms with van der Waals surface area (Å²) in [5.41, 5.74) is 1.46. The summed E-state index contributed by atoms with van der Waals surface area (Å²) in [6, 6.07) is 14.7. The van der Waals surface area contributed by atoms with Crippen LogP contribution in [0.2, 0.25) is 0 Å². The number of amides is 1. The van der Waals surface area contributed by atoms with Gasteiger partial charge in [-0.2, -0.15) is 0 Å². The molecule has 1 N–H and O–H groups in total. The Bertz CT molecular complexity index is 666. The molecule has 0 aliphatic heterocycles. The summed E-state index contributed by atoms with van der Waals surface area (Å²) in [6.07, 6.45) is 1.03. The van der Waals surface area contributed by atoms with Gasteiger partial charge in [0.1, 0.15) is 5.75 Å². The van der Waals surface area contributed by atoms with E-state index < -0.39 is 0 Å². The van der Waals surface area contributed by atoms with Crippen molar-refractivity contribution in [2.45, 2.75) is 19.8 Å². The largest absolute Gasteiger partial charge is 0.494 e. The molecule has 120 valence electrons. The number of ether oxygens (including phenoxy) is 1. The lowest BCUT2D eigenvalue weighted by Crippen LogP contribution is -2.12. The number of hydrogen-bond acceptors (Lipinski definition) is 3. The van der Waals surface area contributed by atoms with E-state index in [2.05, 4.69) is 27.9 Å². The molecule has 4 nitrogen and oxygen atoms in total. The van der Waals surface area contributed by atoms with E-state index in [0.29, 0.717) is 30.8 Å². The standard InChI is InChI=1S/C18H18INO3/c1-13(21)14-4-10-17(11-5-14)23-12-2-3-18(22)20-16-8-6-15(19)7-9-16/h4-11H,2-3,12H2,1H3,(H,20,22). The van der Waals surface area contributed by atoms with Crippen LogP contribution in [-0.4, -0.2) is 18.3 Å². The number of carbonyl (C=O) groups excluding carboxylic acids is 2. The van der Waals surface area contributed by atoms with Crippen LogP contribution in [0.15, 0.2) is 48.5 Å². The maximum Gasteiger partial charge on any atom is 0.224 e. The van der Waals surface area contributed by atoms with E-state index >= 15 is 0 Å². The third-order valence-corrected chi connectivity index (χ3v) is 3.92. The number of rotatable bonds is 7. The van der Waals surface area contributed by atoms with E-state index in [1.54, 1.807) is 24.3 Å². The average molecular weight is 423 g/mol. The molecule has 0 aliphatic carbocycles. The number of hydrogen-bond donors (Lipinski definition) is 1. The van der Waals surface area contributed by atoms with Crippen LogP contribution in [0.25, 0.3) is 0 Å². The molecule has 0 saturated carbocycles. The third kappa shape index (κ3) is 6.02. The first-order valence-corrected chi connectivity index (χ1v) is 8.42. The minimum Gasteiger partial charge on any atom is -0.494 e. The van der Waals surface area contributed by atoms with Crippen molar-refractivity contribution < 1.29 is 14.3 Å². The summed E-state index contributed by atoms with van der Waals surface area (Å²) in [4.78, 5) is 23.0. The van der Waals surface area contributed by atoms with Gasteiger partial charge < -0.3 is 10.1 Å². The van der Waals surface area contributed by atoms with Gasteiger partial charge in [0.15, 0.2) is 5.78 Å². The van der Waals surface area contributed by atoms with Crippen molar-refractivity contribution in [2.75, 3.05) is 11.9 Å². The minimum absolute atomic E-state index is 0.0262. The SMILES string of the molecule is CC(=O)c1ccc(OCCCC(=O)Nc2ccc(I)cc2)cc1. The van der Waals surface area contributed by atoms with Crippen LogP contribution < -0.4 is 10.1 Å². The summed E-state index contributed by atoms with van der Waals surface area (Å²) in [5, 5.41) is 2.85. The first-order valence-electron chi connectivity index (χ1n) is 7.34. The fourth-order valence-electron chi connectivity index (χ4n) is 1.97. The topological polar surface area (TPSA) is 55.4 Å². The summed E-state index contributed by atoms with van der Waals surface area (Å²) >= 11 is 2.22. The van der Waals surface area contributed by atoms with Gasteiger partial charge in [-0.1, -0.05) is 0 Å². The van der Waals surface area contributed by atoms with Crippen LogP contribution in [0.5, 0.6) is 5.75 Å². The molecular formula is C18H18INO3. The molecule has 0 radical (unpaired) electrons. The van der Waals surface area contributed by atoms with Crippen LogP contribution in [-0.2, 0) is 4.79 Å². The van der Waals surface area contributed by atoms with Crippen LogP contribution in [0.4, 0.5) is 5.69 Å². The number of ketones is 1. The Balaban J connectivity index is 1.69. The smallest absolute Gasteiger partial charge is 0.224 e. The Morgan fingerprint density at radius 3 is 2.30 bits per heavy atom. The van der Waals surface area contributed by atoms with Crippen LogP contribution in [0.3, 0.4) is 0 Å². The predicted octanol–water partition coefficient (Wildman–Crippen LogP) is 4.29. The van der Waals surface area contributed by atoms with Crippen molar-refractivity contribution >= 4 is 40.0 Å². The van der Waals surface area contributed by atoms with E-state index in [4.69, 9.17) is 4.74 Å². The lowest BCUT2D eigenvalue weighted by Gasteiger charge is -2.07. The highest BCUT2D eigenvalue weighted by Gasteiger charge is 2.03. The van der Waals surface area contributed by atoms with Crippen molar-refractivity contribution in [3.63, 3.8) is 0 Å². The van der Waals surface area contributed by atoms with Crippen LogP contribution in [0.1, 0.15) is 30.1 Å². The maximum absolute atomic E-state index is 11.8. The van der Waals surface area contributed by atoms with E-state index in [0.717, 1.165) is 9.26 Å². The van der Waals surface area contributed by atoms with Gasteiger partial charge in [-0.3, -0.25) is 9.59 Å². The molecule has 0 fully saturated rings. The molecule has 0 atom stereocenters. The second-order valence-electron chi connectivity index (χ2n) is 5.09. The van der Waals surface area contributed by atoms with Crippen LogP contribution in [0, 0.1) is 3.57 Å². The summed E-state index contributed by atoms with van der Waals surface area (Å²) in [7, 11) is 0. The normalized spacial score (nSPS) is 10.2. The van der Waals surface area contributed by atoms with Gasteiger partial charge in [-0.25, -0.2) is 0 Å². The number of Topliss-reactive ketones (excluding diaryl/α,β-unsaturated/α-hetero) is 1. The van der Waals surface area contributed by atoms with Gasteiger partial charge in [0, 0.05) is 21.2 Å². The molecule has 0 bridgehead atoms. The number of halogens is 1. The summed E-state index contributed by atoms with van der Waals surface area (Å²) in [5.74, 6) is 0.707. The molecule has 2 aromatic carbocycles. The van der Waals surface area contributed by atoms with Gasteiger partial charge >= 0.3 is 0 Å². The van der Waals surface area contributed by atoms with Gasteiger partial charge in [0.25, 0.3) is 0 Å². The highest BCUT2D eigenvalue weighted by atomic mass is 127. The number of carbonyl (C=O) groups is 2. The Kier molecular flexibility index (Phi) is 6.58. The van der Waals surface area contributed by atoms with Crippen molar-refractivity contribution in [3.05, 3.63) is 57.7 Å². The fourth-order valence-corrected chi connectivity index (χ4v) is 2.32. The zero-order valence-electron chi connectivity index (χ0n) is 12.8. The molecule has 2 aromatic rings. The van der Waals surface area contributed by atoms with Crippen molar-refractivity contribution in [2.24, 2.45) is 0 Å². The molecular weight excluding hydrogens is 405 g/mol. The highest BCUT2D eigenvalue weighted by molar-refractivity contribution is 14.1. The Hall–Kier alpha value is -1.89. The third-order valence-electron chi connectivity index (χ3n) is 3.21. The van der Waals surface area contributed by atoms with Crippen molar-refractivity contribution in [1.82, 2.24) is 0 Å². The lowest BCUT2D eigenvalue weighted by molar-refractivity contribution is -0.116. The van der Waals surface area contributed by atoms with Crippen molar-refractivity contribution in [3.8, 4) is 5.75 Å². The molecule has 0 heterocycles. The zero-order chi connectivity index (χ0) is 16.7. The molecule has 5 heteroatoms. The average Bonchev–Trinajstić information content (AvgIpc) is 2.54. The fraction of sp³-hybridized carbons (Fsp3) is 0.222. The van der Waals surface area contributed by atoms with Gasteiger partial charge in [0.05, 0.1) is 6.61 Å². The van der Waals surface area contributed by atoms with Crippen molar-refractivity contribution in [1.29, 1.82) is 0 Å². The first kappa shape index (κ1) is 17.5. The first-order chi connectivity index (χ1) is 11.0. The highest BCUT2D eigenvalue weighted by Crippen LogP contribution is 2.14. The van der Waals surface area contributed by atoms with Crippen LogP contribution >= 0.6 is 22.6 Å². The Labute approximate surface area is 149 Å². The number of benzene rings is 2. The second-order valence-corrected chi connectivity index (χ2v) is 6.33. The summed E-state index contributed by atoms with van der Waals surface area (Å²) in [6.45, 7) is 1.99.